The first-order valence-corrected chi connectivity index (χ1v) is 6.56. The molecule has 2 N–H and O–H groups in total. The molecule has 0 saturated heterocycles. The SMILES string of the molecule is Cc1ccc(CC(=O)c2ccc(Cl)cc2N)c(Cl)c1. The van der Waals surface area contributed by atoms with Crippen LogP contribution in [0.25, 0.3) is 0 Å². The molecule has 0 atom stereocenters. The Hall–Kier alpha value is -1.51. The van der Waals surface area contributed by atoms with Gasteiger partial charge in [0.15, 0.2) is 5.78 Å². The van der Waals surface area contributed by atoms with E-state index in [2.05, 4.69) is 0 Å². The van der Waals surface area contributed by atoms with Crippen LogP contribution in [0.1, 0.15) is 21.5 Å². The van der Waals surface area contributed by atoms with E-state index >= 15 is 0 Å². The number of rotatable bonds is 3. The predicted octanol–water partition coefficient (Wildman–Crippen LogP) is 4.31. The third-order valence-corrected chi connectivity index (χ3v) is 3.46. The Bertz CT molecular complexity index is 638. The van der Waals surface area contributed by atoms with Crippen molar-refractivity contribution in [2.24, 2.45) is 0 Å². The lowest BCUT2D eigenvalue weighted by Gasteiger charge is -2.07. The topological polar surface area (TPSA) is 43.1 Å². The van der Waals surface area contributed by atoms with Crippen molar-refractivity contribution in [3.05, 3.63) is 63.1 Å². The molecule has 0 aliphatic rings. The zero-order valence-corrected chi connectivity index (χ0v) is 11.9. The second-order valence-electron chi connectivity index (χ2n) is 4.43. The molecule has 4 heteroatoms. The number of benzene rings is 2. The minimum Gasteiger partial charge on any atom is -0.398 e. The van der Waals surface area contributed by atoms with Gasteiger partial charge in [-0.3, -0.25) is 4.79 Å². The fraction of sp³-hybridized carbons (Fsp3) is 0.133. The summed E-state index contributed by atoms with van der Waals surface area (Å²) in [6.07, 6.45) is 0.227. The lowest BCUT2D eigenvalue weighted by atomic mass is 10.0. The van der Waals surface area contributed by atoms with Crippen molar-refractivity contribution >= 4 is 34.7 Å². The van der Waals surface area contributed by atoms with E-state index in [4.69, 9.17) is 28.9 Å². The Balaban J connectivity index is 2.25. The Morgan fingerprint density at radius 2 is 1.89 bits per heavy atom. The van der Waals surface area contributed by atoms with E-state index in [-0.39, 0.29) is 12.2 Å². The largest absolute Gasteiger partial charge is 0.398 e. The van der Waals surface area contributed by atoms with Gasteiger partial charge >= 0.3 is 0 Å². The van der Waals surface area contributed by atoms with E-state index in [9.17, 15) is 4.79 Å². The zero-order chi connectivity index (χ0) is 14.0. The first kappa shape index (κ1) is 13.9. The van der Waals surface area contributed by atoms with Crippen LogP contribution in [0, 0.1) is 6.92 Å². The third kappa shape index (κ3) is 3.28. The van der Waals surface area contributed by atoms with E-state index in [0.29, 0.717) is 21.3 Å². The average Bonchev–Trinajstić information content (AvgIpc) is 2.32. The number of Topliss-reactive ketones (excluding diaryl/α,β-unsaturated/α-hetero) is 1. The van der Waals surface area contributed by atoms with Crippen LogP contribution >= 0.6 is 23.2 Å². The molecule has 0 amide bonds. The molecule has 0 fully saturated rings. The highest BCUT2D eigenvalue weighted by molar-refractivity contribution is 6.32. The second-order valence-corrected chi connectivity index (χ2v) is 5.27. The second kappa shape index (κ2) is 5.64. The van der Waals surface area contributed by atoms with Crippen molar-refractivity contribution < 1.29 is 4.79 Å². The summed E-state index contributed by atoms with van der Waals surface area (Å²) in [6.45, 7) is 1.95. The van der Waals surface area contributed by atoms with Gasteiger partial charge < -0.3 is 5.73 Å². The highest BCUT2D eigenvalue weighted by Crippen LogP contribution is 2.23. The average molecular weight is 294 g/mol. The fourth-order valence-electron chi connectivity index (χ4n) is 1.85. The molecule has 0 aromatic heterocycles. The maximum atomic E-state index is 12.2. The van der Waals surface area contributed by atoms with Crippen LogP contribution < -0.4 is 5.73 Å². The molecule has 19 heavy (non-hydrogen) atoms. The zero-order valence-electron chi connectivity index (χ0n) is 10.4. The number of nitrogens with two attached hydrogens (primary N) is 1. The maximum absolute atomic E-state index is 12.2. The molecule has 0 bridgehead atoms. The van der Waals surface area contributed by atoms with Crippen LogP contribution in [0.2, 0.25) is 10.0 Å². The summed E-state index contributed by atoms with van der Waals surface area (Å²) in [5, 5.41) is 1.11. The highest BCUT2D eigenvalue weighted by atomic mass is 35.5. The monoisotopic (exact) mass is 293 g/mol. The number of hydrogen-bond donors (Lipinski definition) is 1. The number of hydrogen-bond acceptors (Lipinski definition) is 2. The molecule has 2 aromatic carbocycles. The molecule has 0 aliphatic heterocycles. The summed E-state index contributed by atoms with van der Waals surface area (Å²) in [5.41, 5.74) is 8.52. The van der Waals surface area contributed by atoms with Gasteiger partial charge in [-0.1, -0.05) is 35.3 Å². The number of anilines is 1. The van der Waals surface area contributed by atoms with Crippen molar-refractivity contribution in [1.29, 1.82) is 0 Å². The Morgan fingerprint density at radius 1 is 1.16 bits per heavy atom. The number of ketones is 1. The number of halogens is 2. The maximum Gasteiger partial charge on any atom is 0.169 e. The normalized spacial score (nSPS) is 10.5. The van der Waals surface area contributed by atoms with Gasteiger partial charge in [0.2, 0.25) is 0 Å². The molecule has 0 unspecified atom stereocenters. The number of carbonyl (C=O) groups is 1. The van der Waals surface area contributed by atoms with Crippen molar-refractivity contribution in [3.63, 3.8) is 0 Å². The van der Waals surface area contributed by atoms with E-state index in [1.54, 1.807) is 18.2 Å². The van der Waals surface area contributed by atoms with Crippen LogP contribution in [0.15, 0.2) is 36.4 Å². The van der Waals surface area contributed by atoms with Crippen LogP contribution in [0.3, 0.4) is 0 Å². The minimum absolute atomic E-state index is 0.0695. The van der Waals surface area contributed by atoms with Crippen molar-refractivity contribution in [3.8, 4) is 0 Å². The molecule has 0 aliphatic carbocycles. The molecule has 98 valence electrons. The van der Waals surface area contributed by atoms with Crippen LogP contribution in [-0.4, -0.2) is 5.78 Å². The van der Waals surface area contributed by atoms with Crippen molar-refractivity contribution in [2.75, 3.05) is 5.73 Å². The van der Waals surface area contributed by atoms with Crippen LogP contribution in [-0.2, 0) is 6.42 Å². The minimum atomic E-state index is -0.0695. The smallest absolute Gasteiger partial charge is 0.169 e. The molecule has 2 aromatic rings. The summed E-state index contributed by atoms with van der Waals surface area (Å²) >= 11 is 11.9. The molecule has 0 heterocycles. The number of nitrogen functional groups attached to an aromatic ring is 1. The third-order valence-electron chi connectivity index (χ3n) is 2.87. The van der Waals surface area contributed by atoms with E-state index in [0.717, 1.165) is 11.1 Å². The molecule has 2 rings (SSSR count). The van der Waals surface area contributed by atoms with Gasteiger partial charge in [0, 0.05) is 27.7 Å². The Morgan fingerprint density at radius 3 is 2.53 bits per heavy atom. The van der Waals surface area contributed by atoms with Gasteiger partial charge in [0.1, 0.15) is 0 Å². The quantitative estimate of drug-likeness (QED) is 0.677. The van der Waals surface area contributed by atoms with Gasteiger partial charge in [-0.2, -0.15) is 0 Å². The number of carbonyl (C=O) groups excluding carboxylic acids is 1. The lowest BCUT2D eigenvalue weighted by Crippen LogP contribution is -2.07. The molecule has 0 saturated carbocycles. The standard InChI is InChI=1S/C15H13Cl2NO/c1-9-2-3-10(13(17)6-9)7-15(19)12-5-4-11(16)8-14(12)18/h2-6,8H,7,18H2,1H3. The van der Waals surface area contributed by atoms with E-state index in [1.807, 2.05) is 25.1 Å². The Labute approximate surface area is 122 Å². The van der Waals surface area contributed by atoms with Crippen molar-refractivity contribution in [1.82, 2.24) is 0 Å². The first-order chi connectivity index (χ1) is 8.97. The van der Waals surface area contributed by atoms with Gasteiger partial charge in [0.25, 0.3) is 0 Å². The summed E-state index contributed by atoms with van der Waals surface area (Å²) in [6, 6.07) is 10.5. The van der Waals surface area contributed by atoms with Gasteiger partial charge in [-0.25, -0.2) is 0 Å². The summed E-state index contributed by atoms with van der Waals surface area (Å²) in [5.74, 6) is -0.0695. The molecule has 2 nitrogen and oxygen atoms in total. The fourth-order valence-corrected chi connectivity index (χ4v) is 2.33. The van der Waals surface area contributed by atoms with Gasteiger partial charge in [-0.05, 0) is 42.3 Å². The van der Waals surface area contributed by atoms with Gasteiger partial charge in [0.05, 0.1) is 0 Å². The number of aryl methyl sites for hydroxylation is 1. The molecule has 0 spiro atoms. The predicted molar refractivity (Wildman–Crippen MR) is 80.1 cm³/mol. The van der Waals surface area contributed by atoms with Crippen molar-refractivity contribution in [2.45, 2.75) is 13.3 Å². The summed E-state index contributed by atoms with van der Waals surface area (Å²) in [4.78, 5) is 12.2. The van der Waals surface area contributed by atoms with E-state index < -0.39 is 0 Å². The van der Waals surface area contributed by atoms with Crippen LogP contribution in [0.5, 0.6) is 0 Å². The molecular formula is C15H13Cl2NO. The van der Waals surface area contributed by atoms with E-state index in [1.165, 1.54) is 0 Å². The summed E-state index contributed by atoms with van der Waals surface area (Å²) < 4.78 is 0. The first-order valence-electron chi connectivity index (χ1n) is 5.80. The highest BCUT2D eigenvalue weighted by Gasteiger charge is 2.12. The molecular weight excluding hydrogens is 281 g/mol. The van der Waals surface area contributed by atoms with Gasteiger partial charge in [-0.15, -0.1) is 0 Å². The summed E-state index contributed by atoms with van der Waals surface area (Å²) in [7, 11) is 0. The molecule has 0 radical (unpaired) electrons. The Kier molecular flexibility index (Phi) is 4.13. The lowest BCUT2D eigenvalue weighted by molar-refractivity contribution is 0.0994. The van der Waals surface area contributed by atoms with Crippen LogP contribution in [0.4, 0.5) is 5.69 Å².